The highest BCUT2D eigenvalue weighted by atomic mass is 35.5. The molecule has 1 unspecified atom stereocenters. The third-order valence-electron chi connectivity index (χ3n) is 4.54. The van der Waals surface area contributed by atoms with Gasteiger partial charge in [0.25, 0.3) is 5.91 Å². The van der Waals surface area contributed by atoms with Crippen molar-refractivity contribution in [2.75, 3.05) is 13.7 Å². The molecule has 1 heterocycles. The van der Waals surface area contributed by atoms with Crippen molar-refractivity contribution in [1.29, 1.82) is 0 Å². The van der Waals surface area contributed by atoms with E-state index in [1.54, 1.807) is 29.9 Å². The molecule has 7 nitrogen and oxygen atoms in total. The number of phenols is 1. The van der Waals surface area contributed by atoms with Crippen LogP contribution in [0.3, 0.4) is 0 Å². The second-order valence-corrected chi connectivity index (χ2v) is 6.67. The van der Waals surface area contributed by atoms with Gasteiger partial charge in [-0.05, 0) is 43.7 Å². The fourth-order valence-corrected chi connectivity index (χ4v) is 3.02. The van der Waals surface area contributed by atoms with Crippen LogP contribution in [-0.4, -0.2) is 44.3 Å². The van der Waals surface area contributed by atoms with Crippen molar-refractivity contribution in [3.05, 3.63) is 65.2 Å². The highest BCUT2D eigenvalue weighted by Gasteiger charge is 2.22. The number of carbonyl (C=O) groups excluding carboxylic acids is 1. The maximum atomic E-state index is 12.9. The normalized spacial score (nSPS) is 11.9. The number of hydrogen-bond acceptors (Lipinski definition) is 5. The lowest BCUT2D eigenvalue weighted by Crippen LogP contribution is -2.29. The summed E-state index contributed by atoms with van der Waals surface area (Å²) in [5.74, 6) is -0.202. The number of aromatic hydroxyl groups is 1. The van der Waals surface area contributed by atoms with E-state index in [4.69, 9.17) is 16.3 Å². The predicted octanol–water partition coefficient (Wildman–Crippen LogP) is 3.86. The Morgan fingerprint density at radius 2 is 2.04 bits per heavy atom. The Kier molecular flexibility index (Phi) is 5.84. The van der Waals surface area contributed by atoms with Gasteiger partial charge in [0, 0.05) is 12.6 Å². The molecule has 0 bridgehead atoms. The van der Waals surface area contributed by atoms with Crippen LogP contribution in [0.15, 0.2) is 49.1 Å². The zero-order valence-electron chi connectivity index (χ0n) is 15.8. The largest absolute Gasteiger partial charge is 0.503 e. The Balaban J connectivity index is 1.81. The van der Waals surface area contributed by atoms with Crippen LogP contribution < -0.4 is 4.74 Å². The van der Waals surface area contributed by atoms with E-state index in [9.17, 15) is 9.90 Å². The van der Waals surface area contributed by atoms with Gasteiger partial charge in [-0.2, -0.15) is 5.10 Å². The Morgan fingerprint density at radius 1 is 1.32 bits per heavy atom. The lowest BCUT2D eigenvalue weighted by molar-refractivity contribution is 0.0742. The minimum atomic E-state index is -0.226. The quantitative estimate of drug-likeness (QED) is 0.679. The highest BCUT2D eigenvalue weighted by molar-refractivity contribution is 6.32. The van der Waals surface area contributed by atoms with Gasteiger partial charge in [0.15, 0.2) is 11.5 Å². The number of hydrogen-bond donors (Lipinski definition) is 1. The molecule has 8 heteroatoms. The number of carbonyl (C=O) groups is 1. The van der Waals surface area contributed by atoms with Crippen LogP contribution in [0.5, 0.6) is 11.5 Å². The number of halogens is 1. The molecule has 0 aliphatic heterocycles. The van der Waals surface area contributed by atoms with E-state index in [1.165, 1.54) is 18.5 Å². The summed E-state index contributed by atoms with van der Waals surface area (Å²) in [6, 6.07) is 10.5. The average Bonchev–Trinajstić information content (AvgIpc) is 3.24. The van der Waals surface area contributed by atoms with Gasteiger partial charge in [-0.25, -0.2) is 9.67 Å². The van der Waals surface area contributed by atoms with Crippen molar-refractivity contribution in [1.82, 2.24) is 19.7 Å². The first-order valence-electron chi connectivity index (χ1n) is 8.79. The summed E-state index contributed by atoms with van der Waals surface area (Å²) in [6.07, 6.45) is 3.10. The Bertz CT molecular complexity index is 958. The summed E-state index contributed by atoms with van der Waals surface area (Å²) in [4.78, 5) is 18.5. The molecule has 28 heavy (non-hydrogen) atoms. The Morgan fingerprint density at radius 3 is 2.64 bits per heavy atom. The number of rotatable bonds is 6. The molecule has 0 saturated heterocycles. The monoisotopic (exact) mass is 400 g/mol. The van der Waals surface area contributed by atoms with Gasteiger partial charge in [-0.1, -0.05) is 23.7 Å². The summed E-state index contributed by atoms with van der Waals surface area (Å²) in [6.45, 7) is 4.08. The molecule has 0 saturated carbocycles. The molecule has 2 aromatic carbocycles. The second-order valence-electron chi connectivity index (χ2n) is 6.26. The van der Waals surface area contributed by atoms with Crippen LogP contribution in [0.1, 0.15) is 35.8 Å². The molecular weight excluding hydrogens is 380 g/mol. The standard InChI is InChI=1S/C20H21ClN4O3/c1-4-28-18-10-15(9-17(21)19(18)26)20(27)24(3)13(2)14-5-7-16(8-6-14)25-12-22-11-23-25/h5-13,26H,4H2,1-3H3. The Hall–Kier alpha value is -3.06. The van der Waals surface area contributed by atoms with Crippen LogP contribution in [0.4, 0.5) is 0 Å². The molecule has 1 aromatic heterocycles. The van der Waals surface area contributed by atoms with E-state index in [1.807, 2.05) is 31.2 Å². The van der Waals surface area contributed by atoms with E-state index in [0.29, 0.717) is 12.2 Å². The first kappa shape index (κ1) is 19.7. The van der Waals surface area contributed by atoms with Crippen molar-refractivity contribution < 1.29 is 14.6 Å². The lowest BCUT2D eigenvalue weighted by Gasteiger charge is -2.26. The van der Waals surface area contributed by atoms with E-state index in [2.05, 4.69) is 10.1 Å². The van der Waals surface area contributed by atoms with Crippen LogP contribution in [0.2, 0.25) is 5.02 Å². The number of phenolic OH excluding ortho intramolecular Hbond substituents is 1. The van der Waals surface area contributed by atoms with Gasteiger partial charge in [-0.3, -0.25) is 4.79 Å². The predicted molar refractivity (Wildman–Crippen MR) is 106 cm³/mol. The van der Waals surface area contributed by atoms with Crippen molar-refractivity contribution in [2.24, 2.45) is 0 Å². The first-order valence-corrected chi connectivity index (χ1v) is 9.17. The smallest absolute Gasteiger partial charge is 0.254 e. The molecule has 1 amide bonds. The van der Waals surface area contributed by atoms with Gasteiger partial charge in [-0.15, -0.1) is 0 Å². The molecular formula is C20H21ClN4O3. The topological polar surface area (TPSA) is 80.5 Å². The summed E-state index contributed by atoms with van der Waals surface area (Å²) in [7, 11) is 1.72. The van der Waals surface area contributed by atoms with Crippen molar-refractivity contribution in [3.8, 4) is 17.2 Å². The Labute approximate surface area is 168 Å². The molecule has 3 rings (SSSR count). The molecule has 1 N–H and O–H groups in total. The summed E-state index contributed by atoms with van der Waals surface area (Å²) in [5.41, 5.74) is 2.20. The van der Waals surface area contributed by atoms with E-state index >= 15 is 0 Å². The summed E-state index contributed by atoms with van der Waals surface area (Å²) < 4.78 is 7.03. The summed E-state index contributed by atoms with van der Waals surface area (Å²) in [5, 5.41) is 14.1. The molecule has 0 radical (unpaired) electrons. The zero-order chi connectivity index (χ0) is 20.3. The molecule has 0 spiro atoms. The maximum absolute atomic E-state index is 12.9. The van der Waals surface area contributed by atoms with Crippen LogP contribution in [0, 0.1) is 0 Å². The molecule has 0 fully saturated rings. The average molecular weight is 401 g/mol. The number of nitrogens with zero attached hydrogens (tertiary/aromatic N) is 4. The minimum absolute atomic E-state index is 0.0764. The number of amides is 1. The van der Waals surface area contributed by atoms with Gasteiger partial charge in [0.1, 0.15) is 12.7 Å². The number of aromatic nitrogens is 3. The summed E-state index contributed by atoms with van der Waals surface area (Å²) >= 11 is 6.05. The number of benzene rings is 2. The SMILES string of the molecule is CCOc1cc(C(=O)N(C)C(C)c2ccc(-n3cncn3)cc2)cc(Cl)c1O. The molecule has 3 aromatic rings. The van der Waals surface area contributed by atoms with Gasteiger partial charge < -0.3 is 14.7 Å². The minimum Gasteiger partial charge on any atom is -0.503 e. The third kappa shape index (κ3) is 3.94. The van der Waals surface area contributed by atoms with E-state index in [0.717, 1.165) is 11.3 Å². The van der Waals surface area contributed by atoms with Gasteiger partial charge >= 0.3 is 0 Å². The van der Waals surface area contributed by atoms with Crippen molar-refractivity contribution in [3.63, 3.8) is 0 Å². The van der Waals surface area contributed by atoms with Crippen LogP contribution >= 0.6 is 11.6 Å². The molecule has 0 aliphatic carbocycles. The van der Waals surface area contributed by atoms with E-state index in [-0.39, 0.29) is 28.5 Å². The van der Waals surface area contributed by atoms with Crippen molar-refractivity contribution >= 4 is 17.5 Å². The van der Waals surface area contributed by atoms with Crippen molar-refractivity contribution in [2.45, 2.75) is 19.9 Å². The fourth-order valence-electron chi connectivity index (χ4n) is 2.81. The fraction of sp³-hybridized carbons (Fsp3) is 0.250. The third-order valence-corrected chi connectivity index (χ3v) is 4.82. The zero-order valence-corrected chi connectivity index (χ0v) is 16.6. The highest BCUT2D eigenvalue weighted by Crippen LogP contribution is 2.36. The molecule has 1 atom stereocenters. The maximum Gasteiger partial charge on any atom is 0.254 e. The second kappa shape index (κ2) is 8.31. The lowest BCUT2D eigenvalue weighted by atomic mass is 10.1. The van der Waals surface area contributed by atoms with Crippen LogP contribution in [-0.2, 0) is 0 Å². The molecule has 146 valence electrons. The number of ether oxygens (including phenoxy) is 1. The van der Waals surface area contributed by atoms with Gasteiger partial charge in [0.05, 0.1) is 23.4 Å². The first-order chi connectivity index (χ1) is 13.4. The van der Waals surface area contributed by atoms with Gasteiger partial charge in [0.2, 0.25) is 0 Å². The van der Waals surface area contributed by atoms with Crippen LogP contribution in [0.25, 0.3) is 5.69 Å². The van der Waals surface area contributed by atoms with E-state index < -0.39 is 0 Å². The molecule has 0 aliphatic rings.